The highest BCUT2D eigenvalue weighted by molar-refractivity contribution is 5.98. The maximum absolute atomic E-state index is 12.8. The van der Waals surface area contributed by atoms with E-state index in [4.69, 9.17) is 0 Å². The molecule has 0 radical (unpaired) electrons. The summed E-state index contributed by atoms with van der Waals surface area (Å²) >= 11 is 0. The van der Waals surface area contributed by atoms with Gasteiger partial charge in [-0.25, -0.2) is 4.79 Å². The van der Waals surface area contributed by atoms with Crippen LogP contribution in [0.2, 0.25) is 0 Å². The first-order valence-electron chi connectivity index (χ1n) is 8.65. The van der Waals surface area contributed by atoms with Crippen molar-refractivity contribution in [2.24, 2.45) is 5.92 Å². The number of nitrogens with zero attached hydrogens (tertiary/aromatic N) is 1. The summed E-state index contributed by atoms with van der Waals surface area (Å²) in [5, 5.41) is 9.25. The molecule has 1 saturated heterocycles. The molecule has 0 saturated carbocycles. The van der Waals surface area contributed by atoms with Crippen LogP contribution in [0.15, 0.2) is 48.5 Å². The molecule has 1 N–H and O–H groups in total. The molecular weight excluding hydrogens is 314 g/mol. The Hall–Kier alpha value is -2.62. The van der Waals surface area contributed by atoms with Crippen molar-refractivity contribution in [2.75, 3.05) is 13.1 Å². The Balaban J connectivity index is 1.73. The van der Waals surface area contributed by atoms with E-state index in [0.29, 0.717) is 29.5 Å². The van der Waals surface area contributed by atoms with E-state index in [9.17, 15) is 14.7 Å². The van der Waals surface area contributed by atoms with Crippen molar-refractivity contribution in [1.29, 1.82) is 0 Å². The lowest BCUT2D eigenvalue weighted by Gasteiger charge is -2.21. The number of benzene rings is 2. The third kappa shape index (κ3) is 3.58. The Kier molecular flexibility index (Phi) is 4.88. The van der Waals surface area contributed by atoms with Crippen LogP contribution in [0.4, 0.5) is 0 Å². The van der Waals surface area contributed by atoms with Crippen molar-refractivity contribution >= 4 is 11.9 Å². The number of carboxylic acids is 1. The van der Waals surface area contributed by atoms with Gasteiger partial charge in [-0.15, -0.1) is 0 Å². The van der Waals surface area contributed by atoms with Crippen molar-refractivity contribution in [2.45, 2.75) is 26.2 Å². The molecule has 0 aliphatic carbocycles. The molecule has 2 atom stereocenters. The molecule has 4 nitrogen and oxygen atoms in total. The lowest BCUT2D eigenvalue weighted by atomic mass is 9.87. The number of aromatic carboxylic acids is 1. The van der Waals surface area contributed by atoms with Gasteiger partial charge >= 0.3 is 5.97 Å². The quantitative estimate of drug-likeness (QED) is 0.919. The second kappa shape index (κ2) is 7.09. The number of carbonyl (C=O) groups excluding carboxylic acids is 1. The van der Waals surface area contributed by atoms with Crippen LogP contribution in [-0.2, 0) is 0 Å². The fourth-order valence-electron chi connectivity index (χ4n) is 3.58. The standard InChI is InChI=1S/C21H23NO3/c1-14-8-9-17(12-19(14)21(24)25)20(23)22-11-10-18(13-22)15(2)16-6-4-3-5-7-16/h3-9,12,15,18H,10-11,13H2,1-2H3,(H,24,25). The fraction of sp³-hybridized carbons (Fsp3) is 0.333. The third-order valence-corrected chi connectivity index (χ3v) is 5.26. The van der Waals surface area contributed by atoms with Gasteiger partial charge in [-0.2, -0.15) is 0 Å². The van der Waals surface area contributed by atoms with E-state index in [0.717, 1.165) is 13.0 Å². The smallest absolute Gasteiger partial charge is 0.335 e. The molecule has 0 spiro atoms. The van der Waals surface area contributed by atoms with Crippen LogP contribution in [0.25, 0.3) is 0 Å². The predicted molar refractivity (Wildman–Crippen MR) is 97.0 cm³/mol. The highest BCUT2D eigenvalue weighted by atomic mass is 16.4. The first-order valence-corrected chi connectivity index (χ1v) is 8.65. The molecule has 1 amide bonds. The zero-order valence-corrected chi connectivity index (χ0v) is 14.6. The molecule has 0 bridgehead atoms. The molecule has 2 aromatic rings. The topological polar surface area (TPSA) is 57.6 Å². The Morgan fingerprint density at radius 1 is 1.16 bits per heavy atom. The average molecular weight is 337 g/mol. The van der Waals surface area contributed by atoms with Gasteiger partial charge in [-0.1, -0.05) is 43.3 Å². The summed E-state index contributed by atoms with van der Waals surface area (Å²) in [4.78, 5) is 25.9. The highest BCUT2D eigenvalue weighted by Gasteiger charge is 2.31. The number of hydrogen-bond donors (Lipinski definition) is 1. The van der Waals surface area contributed by atoms with Gasteiger partial charge < -0.3 is 10.0 Å². The minimum absolute atomic E-state index is 0.0785. The van der Waals surface area contributed by atoms with E-state index in [2.05, 4.69) is 19.1 Å². The van der Waals surface area contributed by atoms with Gasteiger partial charge in [0.1, 0.15) is 0 Å². The molecule has 1 aliphatic heterocycles. The van der Waals surface area contributed by atoms with Crippen molar-refractivity contribution < 1.29 is 14.7 Å². The van der Waals surface area contributed by atoms with E-state index < -0.39 is 5.97 Å². The summed E-state index contributed by atoms with van der Waals surface area (Å²) in [5.74, 6) is -0.253. The first kappa shape index (κ1) is 17.2. The fourth-order valence-corrected chi connectivity index (χ4v) is 3.58. The molecule has 0 aromatic heterocycles. The number of aryl methyl sites for hydroxylation is 1. The van der Waals surface area contributed by atoms with Gasteiger partial charge in [0.2, 0.25) is 0 Å². The Morgan fingerprint density at radius 3 is 2.56 bits per heavy atom. The number of likely N-dealkylation sites (tertiary alicyclic amines) is 1. The van der Waals surface area contributed by atoms with Gasteiger partial charge in [0.25, 0.3) is 5.91 Å². The van der Waals surface area contributed by atoms with Gasteiger partial charge in [0.05, 0.1) is 5.56 Å². The van der Waals surface area contributed by atoms with Crippen LogP contribution in [-0.4, -0.2) is 35.0 Å². The summed E-state index contributed by atoms with van der Waals surface area (Å²) in [7, 11) is 0. The van der Waals surface area contributed by atoms with E-state index in [1.807, 2.05) is 23.1 Å². The minimum atomic E-state index is -0.996. The molecule has 25 heavy (non-hydrogen) atoms. The molecular formula is C21H23NO3. The summed E-state index contributed by atoms with van der Waals surface area (Å²) < 4.78 is 0. The van der Waals surface area contributed by atoms with Gasteiger partial charge in [-0.05, 0) is 48.4 Å². The Bertz CT molecular complexity index is 785. The van der Waals surface area contributed by atoms with Crippen LogP contribution in [0.3, 0.4) is 0 Å². The maximum atomic E-state index is 12.8. The van der Waals surface area contributed by atoms with Crippen LogP contribution in [0.1, 0.15) is 51.1 Å². The van der Waals surface area contributed by atoms with Crippen LogP contribution >= 0.6 is 0 Å². The van der Waals surface area contributed by atoms with E-state index in [-0.39, 0.29) is 11.5 Å². The largest absolute Gasteiger partial charge is 0.478 e. The number of hydrogen-bond acceptors (Lipinski definition) is 2. The molecule has 1 fully saturated rings. The summed E-state index contributed by atoms with van der Waals surface area (Å²) in [6, 6.07) is 15.3. The molecule has 130 valence electrons. The number of rotatable bonds is 4. The SMILES string of the molecule is Cc1ccc(C(=O)N2CCC(C(C)c3ccccc3)C2)cc1C(=O)O. The van der Waals surface area contributed by atoms with Crippen molar-refractivity contribution in [3.05, 3.63) is 70.8 Å². The van der Waals surface area contributed by atoms with Gasteiger partial charge in [-0.3, -0.25) is 4.79 Å². The van der Waals surface area contributed by atoms with Gasteiger partial charge in [0, 0.05) is 18.7 Å². The van der Waals surface area contributed by atoms with Crippen molar-refractivity contribution in [3.8, 4) is 0 Å². The van der Waals surface area contributed by atoms with Gasteiger partial charge in [0.15, 0.2) is 0 Å². The normalized spacial score (nSPS) is 18.2. The summed E-state index contributed by atoms with van der Waals surface area (Å²) in [6.07, 6.45) is 0.972. The van der Waals surface area contributed by atoms with E-state index in [1.165, 1.54) is 11.6 Å². The second-order valence-electron chi connectivity index (χ2n) is 6.83. The second-order valence-corrected chi connectivity index (χ2v) is 6.83. The molecule has 2 aromatic carbocycles. The van der Waals surface area contributed by atoms with E-state index >= 15 is 0 Å². The third-order valence-electron chi connectivity index (χ3n) is 5.26. The lowest BCUT2D eigenvalue weighted by Crippen LogP contribution is -2.29. The summed E-state index contributed by atoms with van der Waals surface area (Å²) in [6.45, 7) is 5.38. The monoisotopic (exact) mass is 337 g/mol. The Morgan fingerprint density at radius 2 is 1.88 bits per heavy atom. The summed E-state index contributed by atoms with van der Waals surface area (Å²) in [5.41, 5.74) is 2.61. The highest BCUT2D eigenvalue weighted by Crippen LogP contribution is 2.32. The molecule has 2 unspecified atom stereocenters. The molecule has 4 heteroatoms. The van der Waals surface area contributed by atoms with Crippen LogP contribution in [0, 0.1) is 12.8 Å². The van der Waals surface area contributed by atoms with Crippen LogP contribution < -0.4 is 0 Å². The zero-order valence-electron chi connectivity index (χ0n) is 14.6. The minimum Gasteiger partial charge on any atom is -0.478 e. The van der Waals surface area contributed by atoms with Crippen molar-refractivity contribution in [1.82, 2.24) is 4.90 Å². The first-order chi connectivity index (χ1) is 12.0. The Labute approximate surface area is 148 Å². The number of carbonyl (C=O) groups is 2. The lowest BCUT2D eigenvalue weighted by molar-refractivity contribution is 0.0696. The average Bonchev–Trinajstić information content (AvgIpc) is 3.11. The maximum Gasteiger partial charge on any atom is 0.335 e. The molecule has 1 heterocycles. The zero-order chi connectivity index (χ0) is 18.0. The van der Waals surface area contributed by atoms with Crippen molar-refractivity contribution in [3.63, 3.8) is 0 Å². The number of amides is 1. The predicted octanol–water partition coefficient (Wildman–Crippen LogP) is 3.96. The van der Waals surface area contributed by atoms with Crippen LogP contribution in [0.5, 0.6) is 0 Å². The molecule has 1 aliphatic rings. The molecule has 3 rings (SSSR count). The number of carboxylic acid groups (broad SMARTS) is 1. The van der Waals surface area contributed by atoms with E-state index in [1.54, 1.807) is 19.1 Å².